The molecule has 1 rings (SSSR count). The Morgan fingerprint density at radius 3 is 2.75 bits per heavy atom. The summed E-state index contributed by atoms with van der Waals surface area (Å²) in [5.74, 6) is -0.250. The van der Waals surface area contributed by atoms with Crippen molar-refractivity contribution in [2.45, 2.75) is 19.3 Å². The third-order valence-corrected chi connectivity index (χ3v) is 2.75. The second kappa shape index (κ2) is 5.62. The lowest BCUT2D eigenvalue weighted by Crippen LogP contribution is -2.35. The zero-order chi connectivity index (χ0) is 12.2. The summed E-state index contributed by atoms with van der Waals surface area (Å²) in [6.45, 7) is 5.04. The quantitative estimate of drug-likeness (QED) is 0.781. The molecule has 90 valence electrons. The molecule has 0 bridgehead atoms. The Hall–Kier alpha value is -0.640. The molecule has 0 saturated heterocycles. The predicted molar refractivity (Wildman–Crippen MR) is 64.4 cm³/mol. The fourth-order valence-electron chi connectivity index (χ4n) is 1.59. The topological polar surface area (TPSA) is 32.3 Å². The second-order valence-corrected chi connectivity index (χ2v) is 4.84. The Kier molecular flexibility index (Phi) is 4.71. The first kappa shape index (κ1) is 13.4. The normalized spacial score (nSPS) is 11.8. The molecule has 2 nitrogen and oxygen atoms in total. The van der Waals surface area contributed by atoms with E-state index in [-0.39, 0.29) is 17.8 Å². The number of hydrogen-bond donors (Lipinski definition) is 2. The minimum atomic E-state index is -0.357. The molecular weight excluding hydrogens is 229 g/mol. The molecule has 1 aromatic carbocycles. The van der Waals surface area contributed by atoms with Crippen molar-refractivity contribution in [2.24, 2.45) is 0 Å². The van der Waals surface area contributed by atoms with Crippen LogP contribution in [0.1, 0.15) is 19.4 Å². The number of aliphatic hydroxyl groups excluding tert-OH is 1. The van der Waals surface area contributed by atoms with Crippen molar-refractivity contribution < 1.29 is 9.50 Å². The number of halogens is 2. The Bertz CT molecular complexity index is 355. The van der Waals surface area contributed by atoms with E-state index < -0.39 is 0 Å². The number of rotatable bonds is 5. The van der Waals surface area contributed by atoms with Gasteiger partial charge in [-0.2, -0.15) is 0 Å². The van der Waals surface area contributed by atoms with Gasteiger partial charge in [0.05, 0.1) is 6.61 Å². The van der Waals surface area contributed by atoms with Crippen LogP contribution in [0, 0.1) is 5.82 Å². The predicted octanol–water partition coefficient (Wildman–Crippen LogP) is 2.34. The first-order valence-electron chi connectivity index (χ1n) is 5.24. The first-order chi connectivity index (χ1) is 7.47. The van der Waals surface area contributed by atoms with E-state index in [0.717, 1.165) is 0 Å². The van der Waals surface area contributed by atoms with Crippen molar-refractivity contribution in [2.75, 3.05) is 19.7 Å². The monoisotopic (exact) mass is 245 g/mol. The van der Waals surface area contributed by atoms with E-state index in [0.29, 0.717) is 23.7 Å². The zero-order valence-electron chi connectivity index (χ0n) is 9.56. The van der Waals surface area contributed by atoms with Gasteiger partial charge in [-0.25, -0.2) is 4.39 Å². The van der Waals surface area contributed by atoms with Gasteiger partial charge < -0.3 is 10.4 Å². The molecule has 0 aliphatic rings. The molecule has 0 fully saturated rings. The average molecular weight is 246 g/mol. The summed E-state index contributed by atoms with van der Waals surface area (Å²) in [6, 6.07) is 4.57. The standard InChI is InChI=1S/C12H17ClFNO/c1-12(2,8-15-5-6-16)10-7-9(13)3-4-11(10)14/h3-4,7,15-16H,5-6,8H2,1-2H3. The molecule has 4 heteroatoms. The number of benzene rings is 1. The van der Waals surface area contributed by atoms with Gasteiger partial charge in [0.25, 0.3) is 0 Å². The lowest BCUT2D eigenvalue weighted by Gasteiger charge is -2.26. The van der Waals surface area contributed by atoms with Gasteiger partial charge >= 0.3 is 0 Å². The van der Waals surface area contributed by atoms with E-state index in [1.54, 1.807) is 6.07 Å². The molecule has 0 spiro atoms. The van der Waals surface area contributed by atoms with Crippen LogP contribution in [0.2, 0.25) is 5.02 Å². The molecular formula is C12H17ClFNO. The second-order valence-electron chi connectivity index (χ2n) is 4.41. The van der Waals surface area contributed by atoms with E-state index in [9.17, 15) is 4.39 Å². The van der Waals surface area contributed by atoms with Gasteiger partial charge in [-0.3, -0.25) is 0 Å². The lowest BCUT2D eigenvalue weighted by molar-refractivity contribution is 0.286. The molecule has 0 aliphatic carbocycles. The zero-order valence-corrected chi connectivity index (χ0v) is 10.3. The van der Waals surface area contributed by atoms with Crippen molar-refractivity contribution in [3.63, 3.8) is 0 Å². The maximum Gasteiger partial charge on any atom is 0.127 e. The molecule has 0 aromatic heterocycles. The maximum absolute atomic E-state index is 13.6. The summed E-state index contributed by atoms with van der Waals surface area (Å²) in [4.78, 5) is 0. The molecule has 16 heavy (non-hydrogen) atoms. The third-order valence-electron chi connectivity index (χ3n) is 2.51. The highest BCUT2D eigenvalue weighted by molar-refractivity contribution is 6.30. The summed E-state index contributed by atoms with van der Waals surface area (Å²) in [5.41, 5.74) is 0.231. The SMILES string of the molecule is CC(C)(CNCCO)c1cc(Cl)ccc1F. The molecule has 0 unspecified atom stereocenters. The highest BCUT2D eigenvalue weighted by Gasteiger charge is 2.23. The largest absolute Gasteiger partial charge is 0.395 e. The van der Waals surface area contributed by atoms with Gasteiger partial charge in [-0.15, -0.1) is 0 Å². The van der Waals surface area contributed by atoms with Crippen LogP contribution >= 0.6 is 11.6 Å². The van der Waals surface area contributed by atoms with Crippen LogP contribution in [0.15, 0.2) is 18.2 Å². The Labute approximate surface area is 100 Å². The van der Waals surface area contributed by atoms with E-state index >= 15 is 0 Å². The van der Waals surface area contributed by atoms with E-state index in [1.165, 1.54) is 12.1 Å². The minimum Gasteiger partial charge on any atom is -0.395 e. The third kappa shape index (κ3) is 3.44. The maximum atomic E-state index is 13.6. The number of hydrogen-bond acceptors (Lipinski definition) is 2. The van der Waals surface area contributed by atoms with Crippen LogP contribution in [0.5, 0.6) is 0 Å². The van der Waals surface area contributed by atoms with Gasteiger partial charge in [0.2, 0.25) is 0 Å². The van der Waals surface area contributed by atoms with Crippen LogP contribution < -0.4 is 5.32 Å². The smallest absolute Gasteiger partial charge is 0.127 e. The van der Waals surface area contributed by atoms with E-state index in [2.05, 4.69) is 5.32 Å². The van der Waals surface area contributed by atoms with Gasteiger partial charge in [-0.05, 0) is 23.8 Å². The van der Waals surface area contributed by atoms with Gasteiger partial charge in [0, 0.05) is 23.5 Å². The fourth-order valence-corrected chi connectivity index (χ4v) is 1.76. The van der Waals surface area contributed by atoms with Crippen molar-refractivity contribution in [1.29, 1.82) is 0 Å². The van der Waals surface area contributed by atoms with Crippen molar-refractivity contribution in [3.05, 3.63) is 34.6 Å². The van der Waals surface area contributed by atoms with Crippen LogP contribution in [-0.2, 0) is 5.41 Å². The molecule has 0 heterocycles. The lowest BCUT2D eigenvalue weighted by atomic mass is 9.84. The van der Waals surface area contributed by atoms with Crippen LogP contribution in [0.4, 0.5) is 4.39 Å². The number of nitrogens with one attached hydrogen (secondary N) is 1. The molecule has 0 radical (unpaired) electrons. The Morgan fingerprint density at radius 1 is 1.44 bits per heavy atom. The Morgan fingerprint density at radius 2 is 2.12 bits per heavy atom. The first-order valence-corrected chi connectivity index (χ1v) is 5.62. The fraction of sp³-hybridized carbons (Fsp3) is 0.500. The van der Waals surface area contributed by atoms with Crippen LogP contribution in [-0.4, -0.2) is 24.8 Å². The van der Waals surface area contributed by atoms with Gasteiger partial charge in [-0.1, -0.05) is 25.4 Å². The van der Waals surface area contributed by atoms with Crippen molar-refractivity contribution in [1.82, 2.24) is 5.32 Å². The van der Waals surface area contributed by atoms with E-state index in [1.807, 2.05) is 13.8 Å². The summed E-state index contributed by atoms with van der Waals surface area (Å²) in [7, 11) is 0. The van der Waals surface area contributed by atoms with Crippen LogP contribution in [0.3, 0.4) is 0 Å². The van der Waals surface area contributed by atoms with Crippen molar-refractivity contribution in [3.8, 4) is 0 Å². The summed E-state index contributed by atoms with van der Waals surface area (Å²) >= 11 is 5.86. The molecule has 0 amide bonds. The summed E-state index contributed by atoms with van der Waals surface area (Å²) in [6.07, 6.45) is 0. The molecule has 2 N–H and O–H groups in total. The molecule has 0 atom stereocenters. The average Bonchev–Trinajstić information content (AvgIpc) is 2.22. The molecule has 0 aliphatic heterocycles. The van der Waals surface area contributed by atoms with Gasteiger partial charge in [0.1, 0.15) is 5.82 Å². The van der Waals surface area contributed by atoms with Crippen molar-refractivity contribution >= 4 is 11.6 Å². The Balaban J connectivity index is 2.83. The summed E-state index contributed by atoms with van der Waals surface area (Å²) < 4.78 is 13.6. The van der Waals surface area contributed by atoms with Gasteiger partial charge in [0.15, 0.2) is 0 Å². The molecule has 1 aromatic rings. The highest BCUT2D eigenvalue weighted by Crippen LogP contribution is 2.27. The molecule has 0 saturated carbocycles. The minimum absolute atomic E-state index is 0.0775. The summed E-state index contributed by atoms with van der Waals surface area (Å²) in [5, 5.41) is 12.3. The van der Waals surface area contributed by atoms with E-state index in [4.69, 9.17) is 16.7 Å². The number of aliphatic hydroxyl groups is 1. The van der Waals surface area contributed by atoms with Crippen LogP contribution in [0.25, 0.3) is 0 Å². The highest BCUT2D eigenvalue weighted by atomic mass is 35.5.